The van der Waals surface area contributed by atoms with E-state index in [-0.39, 0.29) is 15.5 Å². The molecule has 136 valence electrons. The predicted molar refractivity (Wildman–Crippen MR) is 97.0 cm³/mol. The Bertz CT molecular complexity index is 1130. The molecule has 0 aliphatic heterocycles. The molecule has 3 aromatic rings. The van der Waals surface area contributed by atoms with Crippen LogP contribution in [0.1, 0.15) is 5.89 Å². The molecule has 0 radical (unpaired) electrons. The minimum atomic E-state index is -3.80. The van der Waals surface area contributed by atoms with Gasteiger partial charge < -0.3 is 4.42 Å². The zero-order valence-electron chi connectivity index (χ0n) is 14.0. The summed E-state index contributed by atoms with van der Waals surface area (Å²) in [6, 6.07) is 11.7. The number of nitrogens with one attached hydrogen (secondary N) is 1. The molecule has 0 aliphatic carbocycles. The Balaban J connectivity index is 1.82. The Hall–Kier alpha value is -2.65. The zero-order chi connectivity index (χ0) is 18.9. The molecule has 26 heavy (non-hydrogen) atoms. The maximum absolute atomic E-state index is 12.5. The minimum Gasteiger partial charge on any atom is -0.449 e. The van der Waals surface area contributed by atoms with Crippen LogP contribution in [0.5, 0.6) is 0 Å². The average molecular weight is 392 g/mol. The summed E-state index contributed by atoms with van der Waals surface area (Å²) in [6.07, 6.45) is 2.59. The van der Waals surface area contributed by atoms with Crippen LogP contribution in [0.3, 0.4) is 0 Å². The highest BCUT2D eigenvalue weighted by atomic mass is 32.2. The van der Waals surface area contributed by atoms with Crippen molar-refractivity contribution in [2.24, 2.45) is 0 Å². The molecule has 0 unspecified atom stereocenters. The molecule has 1 N–H and O–H groups in total. The highest BCUT2D eigenvalue weighted by molar-refractivity contribution is 7.92. The van der Waals surface area contributed by atoms with Crippen molar-refractivity contribution in [3.05, 3.63) is 60.7 Å². The number of hydrogen-bond donors (Lipinski definition) is 1. The molecular formula is C17H16N2O5S2. The smallest absolute Gasteiger partial charge is 0.261 e. The third-order valence-corrected chi connectivity index (χ3v) is 6.14. The molecule has 7 nitrogen and oxygen atoms in total. The number of sulfone groups is 1. The molecule has 0 amide bonds. The van der Waals surface area contributed by atoms with Crippen molar-refractivity contribution < 1.29 is 21.3 Å². The number of aryl methyl sites for hydroxylation is 1. The average Bonchev–Trinajstić information content (AvgIpc) is 3.01. The van der Waals surface area contributed by atoms with Crippen LogP contribution < -0.4 is 4.72 Å². The van der Waals surface area contributed by atoms with Gasteiger partial charge in [-0.25, -0.2) is 21.8 Å². The summed E-state index contributed by atoms with van der Waals surface area (Å²) >= 11 is 0. The van der Waals surface area contributed by atoms with E-state index in [2.05, 4.69) is 9.71 Å². The molecule has 0 spiro atoms. The number of anilines is 1. The van der Waals surface area contributed by atoms with Crippen LogP contribution in [0.2, 0.25) is 0 Å². The molecule has 3 rings (SSSR count). The summed E-state index contributed by atoms with van der Waals surface area (Å²) in [7, 11) is -7.13. The molecule has 0 saturated carbocycles. The number of rotatable bonds is 5. The molecule has 0 bridgehead atoms. The van der Waals surface area contributed by atoms with Crippen LogP contribution in [0.4, 0.5) is 5.69 Å². The number of oxazole rings is 1. The number of hydrogen-bond acceptors (Lipinski definition) is 6. The number of benzene rings is 2. The topological polar surface area (TPSA) is 106 Å². The lowest BCUT2D eigenvalue weighted by molar-refractivity contribution is 0.521. The lowest BCUT2D eigenvalue weighted by atomic mass is 10.2. The van der Waals surface area contributed by atoms with Gasteiger partial charge in [0.25, 0.3) is 10.0 Å². The second-order valence-electron chi connectivity index (χ2n) is 5.68. The van der Waals surface area contributed by atoms with E-state index >= 15 is 0 Å². The summed E-state index contributed by atoms with van der Waals surface area (Å²) in [4.78, 5) is 4.38. The van der Waals surface area contributed by atoms with E-state index in [4.69, 9.17) is 4.42 Å². The maximum Gasteiger partial charge on any atom is 0.261 e. The zero-order valence-corrected chi connectivity index (χ0v) is 15.6. The van der Waals surface area contributed by atoms with Crippen LogP contribution in [-0.2, 0) is 19.9 Å². The van der Waals surface area contributed by atoms with Gasteiger partial charge in [0.05, 0.1) is 9.79 Å². The molecule has 0 aliphatic rings. The third-order valence-electron chi connectivity index (χ3n) is 3.61. The number of aromatic nitrogens is 1. The van der Waals surface area contributed by atoms with Gasteiger partial charge in [-0.1, -0.05) is 12.1 Å². The minimum absolute atomic E-state index is 0.0775. The monoisotopic (exact) mass is 392 g/mol. The molecule has 2 aromatic carbocycles. The number of sulfonamides is 1. The Labute approximate surface area is 151 Å². The largest absolute Gasteiger partial charge is 0.449 e. The highest BCUT2D eigenvalue weighted by Gasteiger charge is 2.15. The Morgan fingerprint density at radius 3 is 1.96 bits per heavy atom. The molecule has 0 saturated heterocycles. The molecule has 0 fully saturated rings. The summed E-state index contributed by atoms with van der Waals surface area (Å²) in [5.41, 5.74) is 1.63. The second-order valence-corrected chi connectivity index (χ2v) is 9.38. The predicted octanol–water partition coefficient (Wildman–Crippen LogP) is 2.85. The second kappa shape index (κ2) is 6.58. The van der Waals surface area contributed by atoms with E-state index < -0.39 is 19.9 Å². The third kappa shape index (κ3) is 3.94. The Morgan fingerprint density at radius 1 is 0.885 bits per heavy atom. The van der Waals surface area contributed by atoms with Crippen LogP contribution in [0.25, 0.3) is 11.3 Å². The van der Waals surface area contributed by atoms with Gasteiger partial charge in [-0.05, 0) is 36.4 Å². The normalized spacial score (nSPS) is 12.1. The van der Waals surface area contributed by atoms with E-state index in [9.17, 15) is 16.8 Å². The molecule has 0 atom stereocenters. The first-order valence-electron chi connectivity index (χ1n) is 7.51. The van der Waals surface area contributed by atoms with Crippen LogP contribution >= 0.6 is 0 Å². The maximum atomic E-state index is 12.5. The van der Waals surface area contributed by atoms with Gasteiger partial charge in [0.2, 0.25) is 0 Å². The molecule has 9 heteroatoms. The van der Waals surface area contributed by atoms with Crippen molar-refractivity contribution in [2.75, 3.05) is 11.0 Å². The van der Waals surface area contributed by atoms with E-state index in [1.54, 1.807) is 19.1 Å². The van der Waals surface area contributed by atoms with Crippen LogP contribution in [0.15, 0.2) is 69.0 Å². The van der Waals surface area contributed by atoms with Crippen LogP contribution in [-0.4, -0.2) is 28.1 Å². The van der Waals surface area contributed by atoms with Gasteiger partial charge in [-0.2, -0.15) is 0 Å². The van der Waals surface area contributed by atoms with Gasteiger partial charge >= 0.3 is 0 Å². The SMILES string of the molecule is Cc1nc(-c2ccc(S(=O)(=O)Nc3ccc(S(C)(=O)=O)cc3)cc2)co1. The van der Waals surface area contributed by atoms with Crippen molar-refractivity contribution in [1.29, 1.82) is 0 Å². The van der Waals surface area contributed by atoms with Crippen molar-refractivity contribution in [2.45, 2.75) is 16.7 Å². The molecule has 1 heterocycles. The molecular weight excluding hydrogens is 376 g/mol. The lowest BCUT2D eigenvalue weighted by Crippen LogP contribution is -2.13. The Morgan fingerprint density at radius 2 is 1.46 bits per heavy atom. The van der Waals surface area contributed by atoms with Crippen molar-refractivity contribution in [1.82, 2.24) is 4.98 Å². The lowest BCUT2D eigenvalue weighted by Gasteiger charge is -2.09. The summed E-state index contributed by atoms with van der Waals surface area (Å²) in [6.45, 7) is 1.72. The fourth-order valence-electron chi connectivity index (χ4n) is 2.29. The van der Waals surface area contributed by atoms with Gasteiger partial charge in [0, 0.05) is 24.4 Å². The van der Waals surface area contributed by atoms with E-state index in [1.807, 2.05) is 0 Å². The fraction of sp³-hybridized carbons (Fsp3) is 0.118. The van der Waals surface area contributed by atoms with Gasteiger partial charge in [-0.3, -0.25) is 4.72 Å². The highest BCUT2D eigenvalue weighted by Crippen LogP contribution is 2.23. The van der Waals surface area contributed by atoms with Crippen molar-refractivity contribution >= 4 is 25.5 Å². The van der Waals surface area contributed by atoms with E-state index in [0.29, 0.717) is 11.6 Å². The quantitative estimate of drug-likeness (QED) is 0.716. The van der Waals surface area contributed by atoms with Gasteiger partial charge in [0.15, 0.2) is 15.7 Å². The van der Waals surface area contributed by atoms with Crippen molar-refractivity contribution in [3.63, 3.8) is 0 Å². The fourth-order valence-corrected chi connectivity index (χ4v) is 3.97. The number of nitrogens with zero attached hydrogens (tertiary/aromatic N) is 1. The summed E-state index contributed by atoms with van der Waals surface area (Å²) in [5.74, 6) is 0.524. The standard InChI is InChI=1S/C17H16N2O5S2/c1-12-18-17(11-24-12)13-3-7-16(8-4-13)26(22,23)19-14-5-9-15(10-6-14)25(2,20)21/h3-11,19H,1-2H3. The Kier molecular flexibility index (Phi) is 4.59. The van der Waals surface area contributed by atoms with E-state index in [0.717, 1.165) is 11.8 Å². The first-order chi connectivity index (χ1) is 12.1. The van der Waals surface area contributed by atoms with Crippen molar-refractivity contribution in [3.8, 4) is 11.3 Å². The summed E-state index contributed by atoms with van der Waals surface area (Å²) < 4.78 is 55.4. The first-order valence-corrected chi connectivity index (χ1v) is 10.9. The summed E-state index contributed by atoms with van der Waals surface area (Å²) in [5, 5.41) is 0. The first kappa shape index (κ1) is 18.2. The van der Waals surface area contributed by atoms with Gasteiger partial charge in [-0.15, -0.1) is 0 Å². The molecule has 1 aromatic heterocycles. The van der Waals surface area contributed by atoms with Crippen LogP contribution in [0, 0.1) is 6.92 Å². The van der Waals surface area contributed by atoms with Gasteiger partial charge in [0.1, 0.15) is 12.0 Å². The van der Waals surface area contributed by atoms with E-state index in [1.165, 1.54) is 42.7 Å².